The Kier molecular flexibility index (Phi) is 48.9. The summed E-state index contributed by atoms with van der Waals surface area (Å²) < 4.78 is 17.6. The van der Waals surface area contributed by atoms with E-state index in [1.165, 1.54) is 141 Å². The maximum atomic E-state index is 13.4. The Hall–Kier alpha value is -2.64. The second kappa shape index (κ2) is 52.1. The van der Waals surface area contributed by atoms with E-state index in [2.05, 4.69) is 74.7 Å². The second-order valence-electron chi connectivity index (χ2n) is 21.4. The maximum Gasteiger partial charge on any atom is 0.306 e. The summed E-state index contributed by atoms with van der Waals surface area (Å²) >= 11 is 0. The van der Waals surface area contributed by atoms with E-state index in [0.717, 1.165) is 83.5 Å². The molecular weight excluding hydrogens is 943 g/mol. The van der Waals surface area contributed by atoms with Gasteiger partial charge in [0.2, 0.25) is 5.91 Å². The third-order valence-corrected chi connectivity index (χ3v) is 14.4. The summed E-state index contributed by atoms with van der Waals surface area (Å²) in [7, 11) is 0. The fourth-order valence-electron chi connectivity index (χ4n) is 9.42. The van der Waals surface area contributed by atoms with E-state index in [-0.39, 0.29) is 19.4 Å². The van der Waals surface area contributed by atoms with Crippen molar-refractivity contribution in [3.63, 3.8) is 0 Å². The number of ether oxygens (including phenoxy) is 3. The molecule has 1 amide bonds. The molecule has 6 N–H and O–H groups in total. The average Bonchev–Trinajstić information content (AvgIpc) is 3.41. The molecule has 0 aromatic heterocycles. The van der Waals surface area contributed by atoms with Crippen LogP contribution < -0.4 is 5.32 Å². The van der Waals surface area contributed by atoms with Crippen molar-refractivity contribution in [2.24, 2.45) is 0 Å². The molecule has 0 aromatic rings. The molecule has 0 spiro atoms. The maximum absolute atomic E-state index is 13.4. The van der Waals surface area contributed by atoms with Gasteiger partial charge in [-0.1, -0.05) is 236 Å². The molecule has 0 saturated carbocycles. The highest BCUT2D eigenvalue weighted by atomic mass is 16.7. The standard InChI is InChI=1S/C64H115NO10/c1-4-7-10-13-16-19-22-24-25-26-27-28-29-30-31-32-34-36-39-42-45-48-51-57(68)63(72)65-55(56(67)50-47-44-41-38-35-21-18-15-12-9-6-3)54-73-64-62(61(71)60(70)58(53-66)74-64)75-59(69)52-49-46-43-40-37-33-23-20-17-14-11-8-5-2/h16,19,24-25,27-28,33,37,47,50,55-58,60-62,64,66-68,70-71H,4-15,17-18,20-23,26,29-32,34-36,38-46,48-49,51-54H2,1-3H3,(H,65,72)/b19-16-,25-24-,28-27-,37-33-,50-47+. The number of carbonyl (C=O) groups excluding carboxylic acids is 2. The fourth-order valence-corrected chi connectivity index (χ4v) is 9.42. The van der Waals surface area contributed by atoms with E-state index in [0.29, 0.717) is 12.8 Å². The van der Waals surface area contributed by atoms with Crippen molar-refractivity contribution in [1.29, 1.82) is 0 Å². The Bertz CT molecular complexity index is 1450. The number of rotatable bonds is 52. The molecule has 11 heteroatoms. The van der Waals surface area contributed by atoms with Crippen LogP contribution in [0.1, 0.15) is 271 Å². The normalized spacial score (nSPS) is 19.6. The number of amides is 1. The highest BCUT2D eigenvalue weighted by Crippen LogP contribution is 2.26. The quantitative estimate of drug-likeness (QED) is 0.0195. The van der Waals surface area contributed by atoms with Crippen LogP contribution in [0.4, 0.5) is 0 Å². The van der Waals surface area contributed by atoms with Gasteiger partial charge < -0.3 is 45.1 Å². The molecule has 1 aliphatic rings. The first kappa shape index (κ1) is 70.4. The van der Waals surface area contributed by atoms with E-state index in [1.54, 1.807) is 6.08 Å². The smallest absolute Gasteiger partial charge is 0.306 e. The van der Waals surface area contributed by atoms with Crippen molar-refractivity contribution in [2.75, 3.05) is 13.2 Å². The Morgan fingerprint density at radius 2 is 0.920 bits per heavy atom. The number of aliphatic hydroxyl groups excluding tert-OH is 5. The predicted octanol–water partition coefficient (Wildman–Crippen LogP) is 14.6. The van der Waals surface area contributed by atoms with Crippen molar-refractivity contribution in [2.45, 2.75) is 320 Å². The van der Waals surface area contributed by atoms with Crippen LogP contribution in [0.2, 0.25) is 0 Å². The number of hydrogen-bond donors (Lipinski definition) is 6. The lowest BCUT2D eigenvalue weighted by atomic mass is 9.99. The first-order chi connectivity index (χ1) is 36.7. The molecule has 436 valence electrons. The fraction of sp³-hybridized carbons (Fsp3) is 0.812. The Morgan fingerprint density at radius 1 is 0.520 bits per heavy atom. The molecule has 1 rings (SSSR count). The Labute approximate surface area is 458 Å². The monoisotopic (exact) mass is 1060 g/mol. The van der Waals surface area contributed by atoms with Crippen LogP contribution in [0, 0.1) is 0 Å². The highest BCUT2D eigenvalue weighted by Gasteiger charge is 2.47. The molecule has 11 nitrogen and oxygen atoms in total. The van der Waals surface area contributed by atoms with E-state index in [4.69, 9.17) is 14.2 Å². The molecule has 8 unspecified atom stereocenters. The summed E-state index contributed by atoms with van der Waals surface area (Å²) in [5.74, 6) is -1.21. The molecule has 75 heavy (non-hydrogen) atoms. The van der Waals surface area contributed by atoms with Crippen LogP contribution in [0.15, 0.2) is 60.8 Å². The number of esters is 1. The summed E-state index contributed by atoms with van der Waals surface area (Å²) in [6.07, 6.45) is 54.1. The minimum atomic E-state index is -1.62. The van der Waals surface area contributed by atoms with Crippen LogP contribution in [-0.4, -0.2) is 99.6 Å². The number of aliphatic hydroxyl groups is 5. The zero-order valence-electron chi connectivity index (χ0n) is 48.2. The molecule has 1 heterocycles. The topological polar surface area (TPSA) is 175 Å². The van der Waals surface area contributed by atoms with Crippen LogP contribution in [-0.2, 0) is 23.8 Å². The van der Waals surface area contributed by atoms with E-state index < -0.39 is 67.4 Å². The highest BCUT2D eigenvalue weighted by molar-refractivity contribution is 5.80. The third kappa shape index (κ3) is 40.2. The van der Waals surface area contributed by atoms with Gasteiger partial charge in [-0.15, -0.1) is 0 Å². The Balaban J connectivity index is 2.65. The largest absolute Gasteiger partial charge is 0.454 e. The molecule has 1 fully saturated rings. The van der Waals surface area contributed by atoms with Crippen LogP contribution in [0.25, 0.3) is 0 Å². The predicted molar refractivity (Wildman–Crippen MR) is 310 cm³/mol. The van der Waals surface area contributed by atoms with Crippen molar-refractivity contribution in [3.8, 4) is 0 Å². The molecule has 1 saturated heterocycles. The van der Waals surface area contributed by atoms with Gasteiger partial charge in [0.05, 0.1) is 25.4 Å². The van der Waals surface area contributed by atoms with Gasteiger partial charge >= 0.3 is 5.97 Å². The number of hydrogen-bond acceptors (Lipinski definition) is 10. The van der Waals surface area contributed by atoms with Crippen molar-refractivity contribution < 1.29 is 49.3 Å². The average molecular weight is 1060 g/mol. The van der Waals surface area contributed by atoms with Crippen LogP contribution in [0.3, 0.4) is 0 Å². The lowest BCUT2D eigenvalue weighted by Gasteiger charge is -2.41. The lowest BCUT2D eigenvalue weighted by Crippen LogP contribution is -2.61. The first-order valence-corrected chi connectivity index (χ1v) is 31.1. The number of unbranched alkanes of at least 4 members (excludes halogenated alkanes) is 30. The number of carbonyl (C=O) groups is 2. The van der Waals surface area contributed by atoms with Crippen LogP contribution >= 0.6 is 0 Å². The van der Waals surface area contributed by atoms with Gasteiger partial charge in [-0.2, -0.15) is 0 Å². The molecule has 0 aliphatic carbocycles. The third-order valence-electron chi connectivity index (χ3n) is 14.4. The van der Waals surface area contributed by atoms with E-state index >= 15 is 0 Å². The van der Waals surface area contributed by atoms with Crippen molar-refractivity contribution >= 4 is 11.9 Å². The van der Waals surface area contributed by atoms with Gasteiger partial charge in [0, 0.05) is 6.42 Å². The van der Waals surface area contributed by atoms with Crippen molar-refractivity contribution in [3.05, 3.63) is 60.8 Å². The van der Waals surface area contributed by atoms with Gasteiger partial charge in [-0.25, -0.2) is 0 Å². The molecule has 0 aromatic carbocycles. The van der Waals surface area contributed by atoms with E-state index in [9.17, 15) is 35.1 Å². The van der Waals surface area contributed by atoms with Crippen molar-refractivity contribution in [1.82, 2.24) is 5.32 Å². The summed E-state index contributed by atoms with van der Waals surface area (Å²) in [5.41, 5.74) is 0. The number of allylic oxidation sites excluding steroid dienone is 9. The minimum Gasteiger partial charge on any atom is -0.454 e. The van der Waals surface area contributed by atoms with Gasteiger partial charge in [0.15, 0.2) is 12.4 Å². The van der Waals surface area contributed by atoms with Gasteiger partial charge in [0.1, 0.15) is 24.4 Å². The summed E-state index contributed by atoms with van der Waals surface area (Å²) in [4.78, 5) is 26.5. The van der Waals surface area contributed by atoms with Gasteiger partial charge in [0.25, 0.3) is 0 Å². The second-order valence-corrected chi connectivity index (χ2v) is 21.4. The van der Waals surface area contributed by atoms with Crippen LogP contribution in [0.5, 0.6) is 0 Å². The lowest BCUT2D eigenvalue weighted by molar-refractivity contribution is -0.305. The summed E-state index contributed by atoms with van der Waals surface area (Å²) in [5, 5.41) is 56.9. The summed E-state index contributed by atoms with van der Waals surface area (Å²) in [6.45, 7) is 5.73. The molecule has 0 radical (unpaired) electrons. The van der Waals surface area contributed by atoms with E-state index in [1.807, 2.05) is 6.08 Å². The van der Waals surface area contributed by atoms with Gasteiger partial charge in [-0.3, -0.25) is 9.59 Å². The zero-order chi connectivity index (χ0) is 54.7. The zero-order valence-corrected chi connectivity index (χ0v) is 48.2. The Morgan fingerprint density at radius 3 is 1.41 bits per heavy atom. The van der Waals surface area contributed by atoms with Gasteiger partial charge in [-0.05, 0) is 89.9 Å². The molecule has 1 aliphatic heterocycles. The molecule has 0 bridgehead atoms. The minimum absolute atomic E-state index is 0.102. The molecular formula is C64H115NO10. The number of nitrogens with one attached hydrogen (secondary N) is 1. The summed E-state index contributed by atoms with van der Waals surface area (Å²) in [6, 6.07) is -1.03. The molecule has 8 atom stereocenters. The first-order valence-electron chi connectivity index (χ1n) is 31.1. The SMILES string of the molecule is CCCCC/C=C\C/C=C\C/C=C\CCCCCCCCCCCC(O)C(=O)NC(COC1OC(CO)C(O)C(O)C1OC(=O)CCCCC/C=C\CCCCCCCC)C(O)/C=C/CCCCCCCCCCC.